The molecule has 0 radical (unpaired) electrons. The lowest BCUT2D eigenvalue weighted by molar-refractivity contribution is 1.13. The highest BCUT2D eigenvalue weighted by atomic mass is 79.9. The quantitative estimate of drug-likeness (QED) is 0.549. The highest BCUT2D eigenvalue weighted by molar-refractivity contribution is 9.10. The number of anilines is 1. The van der Waals surface area contributed by atoms with Gasteiger partial charge in [0.2, 0.25) is 5.71 Å². The van der Waals surface area contributed by atoms with Crippen LogP contribution < -0.4 is 11.0 Å². The van der Waals surface area contributed by atoms with Crippen LogP contribution in [0.1, 0.15) is 5.82 Å². The maximum absolute atomic E-state index is 12.0. The lowest BCUT2D eigenvalue weighted by Gasteiger charge is -2.03. The van der Waals surface area contributed by atoms with Crippen LogP contribution in [0.4, 0.5) is 5.69 Å². The van der Waals surface area contributed by atoms with Crippen LogP contribution >= 0.6 is 15.9 Å². The summed E-state index contributed by atoms with van der Waals surface area (Å²) >= 11 is 3.34. The number of hydrazone groups is 1. The van der Waals surface area contributed by atoms with E-state index in [2.05, 4.69) is 36.4 Å². The summed E-state index contributed by atoms with van der Waals surface area (Å²) in [6.07, 6.45) is 0. The Morgan fingerprint density at radius 2 is 1.96 bits per heavy atom. The van der Waals surface area contributed by atoms with Crippen LogP contribution in [0.3, 0.4) is 0 Å². The van der Waals surface area contributed by atoms with E-state index in [0.29, 0.717) is 16.6 Å². The van der Waals surface area contributed by atoms with Crippen molar-refractivity contribution in [3.05, 3.63) is 69.2 Å². The number of para-hydroxylation sites is 1. The summed E-state index contributed by atoms with van der Waals surface area (Å²) in [4.78, 5) is 18.9. The zero-order valence-corrected chi connectivity index (χ0v) is 13.3. The third-order valence-corrected chi connectivity index (χ3v) is 3.61. The van der Waals surface area contributed by atoms with Gasteiger partial charge < -0.3 is 4.98 Å². The topological polar surface area (TPSA) is 93.9 Å². The molecule has 1 heterocycles. The molecule has 3 aromatic rings. The Balaban J connectivity index is 1.97. The largest absolute Gasteiger partial charge is 0.304 e. The van der Waals surface area contributed by atoms with Gasteiger partial charge in [0.15, 0.2) is 5.82 Å². The van der Waals surface area contributed by atoms with Crippen molar-refractivity contribution >= 4 is 38.2 Å². The average molecular weight is 368 g/mol. The van der Waals surface area contributed by atoms with Gasteiger partial charge in [-0.2, -0.15) is 10.4 Å². The molecule has 3 rings (SSSR count). The Morgan fingerprint density at radius 1 is 1.22 bits per heavy atom. The van der Waals surface area contributed by atoms with Gasteiger partial charge in [0, 0.05) is 4.47 Å². The zero-order chi connectivity index (χ0) is 16.2. The van der Waals surface area contributed by atoms with Crippen molar-refractivity contribution in [1.82, 2.24) is 9.97 Å². The van der Waals surface area contributed by atoms with Crippen molar-refractivity contribution < 1.29 is 0 Å². The monoisotopic (exact) mass is 367 g/mol. The molecule has 0 saturated heterocycles. The number of hydrogen-bond donors (Lipinski definition) is 2. The van der Waals surface area contributed by atoms with Crippen LogP contribution in [0.5, 0.6) is 0 Å². The number of nitrogens with zero attached hydrogens (tertiary/aromatic N) is 3. The first-order chi connectivity index (χ1) is 11.2. The summed E-state index contributed by atoms with van der Waals surface area (Å²) in [5, 5.41) is 13.8. The van der Waals surface area contributed by atoms with Crippen molar-refractivity contribution in [1.29, 1.82) is 5.26 Å². The van der Waals surface area contributed by atoms with E-state index < -0.39 is 0 Å². The van der Waals surface area contributed by atoms with Gasteiger partial charge >= 0.3 is 0 Å². The predicted octanol–water partition coefficient (Wildman–Crippen LogP) is 3.03. The van der Waals surface area contributed by atoms with E-state index in [1.165, 1.54) is 0 Å². The SMILES string of the molecule is N#C/C(=N/Nc1ccc(Br)cc1)c1nc2ccccc2c(=O)[nH]1. The number of rotatable bonds is 3. The maximum Gasteiger partial charge on any atom is 0.259 e. The number of nitrogens with one attached hydrogen (secondary N) is 2. The molecule has 0 bridgehead atoms. The van der Waals surface area contributed by atoms with Crippen molar-refractivity contribution in [3.8, 4) is 6.07 Å². The smallest absolute Gasteiger partial charge is 0.259 e. The first-order valence-corrected chi connectivity index (χ1v) is 7.45. The van der Waals surface area contributed by atoms with Crippen LogP contribution in [0.15, 0.2) is 62.9 Å². The van der Waals surface area contributed by atoms with Gasteiger partial charge in [-0.1, -0.05) is 28.1 Å². The Labute approximate surface area is 139 Å². The van der Waals surface area contributed by atoms with Crippen molar-refractivity contribution in [2.75, 3.05) is 5.43 Å². The first-order valence-electron chi connectivity index (χ1n) is 6.66. The molecule has 1 aromatic heterocycles. The molecule has 0 amide bonds. The molecule has 0 unspecified atom stereocenters. The van der Waals surface area contributed by atoms with E-state index in [4.69, 9.17) is 0 Å². The van der Waals surface area contributed by atoms with Gasteiger partial charge in [-0.25, -0.2) is 4.98 Å². The summed E-state index contributed by atoms with van der Waals surface area (Å²) in [5.41, 5.74) is 3.68. The minimum absolute atomic E-state index is 0.00391. The summed E-state index contributed by atoms with van der Waals surface area (Å²) in [7, 11) is 0. The van der Waals surface area contributed by atoms with Gasteiger partial charge in [-0.15, -0.1) is 0 Å². The maximum atomic E-state index is 12.0. The van der Waals surface area contributed by atoms with E-state index in [9.17, 15) is 10.1 Å². The lowest BCUT2D eigenvalue weighted by atomic mass is 10.2. The van der Waals surface area contributed by atoms with E-state index >= 15 is 0 Å². The molecule has 7 heteroatoms. The minimum Gasteiger partial charge on any atom is -0.304 e. The minimum atomic E-state index is -0.308. The number of hydrogen-bond acceptors (Lipinski definition) is 5. The molecular formula is C16H10BrN5O. The molecule has 0 atom stereocenters. The Morgan fingerprint density at radius 3 is 2.70 bits per heavy atom. The molecular weight excluding hydrogens is 358 g/mol. The molecule has 0 aliphatic rings. The number of nitriles is 1. The molecule has 0 fully saturated rings. The Bertz CT molecular complexity index is 986. The second-order valence-electron chi connectivity index (χ2n) is 4.62. The molecule has 23 heavy (non-hydrogen) atoms. The number of H-pyrrole nitrogens is 1. The molecule has 112 valence electrons. The van der Waals surface area contributed by atoms with E-state index in [0.717, 1.165) is 4.47 Å². The summed E-state index contributed by atoms with van der Waals surface area (Å²) in [5.74, 6) is 0.126. The second kappa shape index (κ2) is 6.42. The third-order valence-electron chi connectivity index (χ3n) is 3.08. The van der Waals surface area contributed by atoms with Crippen LogP contribution in [-0.4, -0.2) is 15.7 Å². The normalized spacial score (nSPS) is 11.2. The molecule has 0 aliphatic carbocycles. The summed E-state index contributed by atoms with van der Waals surface area (Å²) in [6, 6.07) is 16.2. The zero-order valence-electron chi connectivity index (χ0n) is 11.7. The standard InChI is InChI=1S/C16H10BrN5O/c17-10-5-7-11(8-6-10)21-22-14(9-18)15-19-13-4-2-1-3-12(13)16(23)20-15/h1-8,21H,(H,19,20,23)/b22-14-. The van der Waals surface area contributed by atoms with E-state index in [1.807, 2.05) is 18.2 Å². The highest BCUT2D eigenvalue weighted by Gasteiger charge is 2.09. The van der Waals surface area contributed by atoms with Crippen LogP contribution in [0.2, 0.25) is 0 Å². The van der Waals surface area contributed by atoms with Gasteiger partial charge in [0.05, 0.1) is 16.6 Å². The molecule has 0 spiro atoms. The molecule has 2 N–H and O–H groups in total. The number of halogens is 1. The fourth-order valence-corrected chi connectivity index (χ4v) is 2.24. The fourth-order valence-electron chi connectivity index (χ4n) is 1.97. The van der Waals surface area contributed by atoms with Crippen molar-refractivity contribution in [2.45, 2.75) is 0 Å². The number of aromatic amines is 1. The van der Waals surface area contributed by atoms with Crippen molar-refractivity contribution in [2.24, 2.45) is 5.10 Å². The molecule has 2 aromatic carbocycles. The fraction of sp³-hybridized carbons (Fsp3) is 0. The van der Waals surface area contributed by atoms with Gasteiger partial charge in [-0.05, 0) is 36.4 Å². The van der Waals surface area contributed by atoms with Crippen molar-refractivity contribution in [3.63, 3.8) is 0 Å². The first kappa shape index (κ1) is 14.9. The number of benzene rings is 2. The highest BCUT2D eigenvalue weighted by Crippen LogP contribution is 2.14. The predicted molar refractivity (Wildman–Crippen MR) is 92.3 cm³/mol. The van der Waals surface area contributed by atoms with Gasteiger partial charge in [0.25, 0.3) is 5.56 Å². The van der Waals surface area contributed by atoms with Crippen LogP contribution in [-0.2, 0) is 0 Å². The van der Waals surface area contributed by atoms with Crippen LogP contribution in [0, 0.1) is 11.3 Å². The lowest BCUT2D eigenvalue weighted by Crippen LogP contribution is -2.16. The Hall–Kier alpha value is -2.98. The molecule has 0 saturated carbocycles. The summed E-state index contributed by atoms with van der Waals surface area (Å²) in [6.45, 7) is 0. The van der Waals surface area contributed by atoms with E-state index in [1.54, 1.807) is 36.4 Å². The number of aromatic nitrogens is 2. The Kier molecular flexibility index (Phi) is 4.17. The van der Waals surface area contributed by atoms with Gasteiger partial charge in [0.1, 0.15) is 6.07 Å². The third kappa shape index (κ3) is 3.27. The second-order valence-corrected chi connectivity index (χ2v) is 5.54. The van der Waals surface area contributed by atoms with Crippen LogP contribution in [0.25, 0.3) is 10.9 Å². The number of fused-ring (bicyclic) bond motifs is 1. The summed E-state index contributed by atoms with van der Waals surface area (Å²) < 4.78 is 0.938. The molecule has 6 nitrogen and oxygen atoms in total. The van der Waals surface area contributed by atoms with E-state index in [-0.39, 0.29) is 17.1 Å². The average Bonchev–Trinajstić information content (AvgIpc) is 2.57. The van der Waals surface area contributed by atoms with Gasteiger partial charge in [-0.3, -0.25) is 10.2 Å². The molecule has 0 aliphatic heterocycles.